The van der Waals surface area contributed by atoms with E-state index in [0.717, 1.165) is 30.4 Å². The van der Waals surface area contributed by atoms with Crippen molar-refractivity contribution in [3.63, 3.8) is 0 Å². The molecule has 0 aromatic heterocycles. The smallest absolute Gasteiger partial charge is 0.234 e. The fraction of sp³-hybridized carbons (Fsp3) is 0.562. The van der Waals surface area contributed by atoms with Crippen LogP contribution >= 0.6 is 0 Å². The van der Waals surface area contributed by atoms with Gasteiger partial charge in [0.15, 0.2) is 11.5 Å². The van der Waals surface area contributed by atoms with Gasteiger partial charge in [-0.2, -0.15) is 0 Å². The Kier molecular flexibility index (Phi) is 10.7. The Labute approximate surface area is 248 Å². The number of benzene rings is 2. The van der Waals surface area contributed by atoms with Crippen LogP contribution in [0.1, 0.15) is 36.8 Å². The van der Waals surface area contributed by atoms with E-state index in [0.29, 0.717) is 76.3 Å². The number of rotatable bonds is 6. The highest BCUT2D eigenvalue weighted by Crippen LogP contribution is 2.33. The molecule has 3 aliphatic heterocycles. The van der Waals surface area contributed by atoms with E-state index in [1.165, 1.54) is 0 Å². The molecule has 1 N–H and O–H groups in total. The summed E-state index contributed by atoms with van der Waals surface area (Å²) in [5.41, 5.74) is 1.97. The lowest BCUT2D eigenvalue weighted by atomic mass is 9.95. The standard InChI is InChI=1S/C32H43N3O7/c1-38-14-4-12-34-19-23-7-8-29(39-2)30(18-23)42-26-6-3-5-24(17-26)22-41-28-9-13-35(20-27(28)33-31(36)21-34)32(37)25-10-15-40-16-11-25/h3,5-8,17-18,25,27-28H,4,9-16,19-22H2,1-2H3,(H,33,36)/t27-,28+/m0/s1. The number of hydrogen-bond donors (Lipinski definition) is 1. The lowest BCUT2D eigenvalue weighted by molar-refractivity contribution is -0.144. The van der Waals surface area contributed by atoms with E-state index in [1.807, 2.05) is 47.4 Å². The van der Waals surface area contributed by atoms with E-state index in [2.05, 4.69) is 10.2 Å². The van der Waals surface area contributed by atoms with Crippen molar-refractivity contribution in [2.75, 3.05) is 60.2 Å². The maximum atomic E-state index is 13.5. The van der Waals surface area contributed by atoms with Crippen molar-refractivity contribution in [2.45, 2.75) is 51.0 Å². The SMILES string of the molecule is COCCCN1CC(=O)N[C@H]2CN(C(=O)C3CCOCC3)CC[C@H]2OCc2cccc(c2)Oc2cc(ccc2OC)C1. The zero-order chi connectivity index (χ0) is 29.3. The minimum absolute atomic E-state index is 0.0217. The number of fused-ring (bicyclic) bond motifs is 5. The first-order chi connectivity index (χ1) is 20.5. The predicted molar refractivity (Wildman–Crippen MR) is 157 cm³/mol. The molecule has 5 rings (SSSR count). The Morgan fingerprint density at radius 2 is 1.90 bits per heavy atom. The number of nitrogens with zero attached hydrogens (tertiary/aromatic N) is 2. The van der Waals surface area contributed by atoms with E-state index in [-0.39, 0.29) is 36.4 Å². The molecule has 2 amide bonds. The molecule has 10 heteroatoms. The molecule has 2 saturated heterocycles. The lowest BCUT2D eigenvalue weighted by Gasteiger charge is -2.40. The molecule has 2 atom stereocenters. The first-order valence-corrected chi connectivity index (χ1v) is 14.9. The maximum Gasteiger partial charge on any atom is 0.234 e. The van der Waals surface area contributed by atoms with Gasteiger partial charge < -0.3 is 33.9 Å². The molecule has 0 saturated carbocycles. The minimum atomic E-state index is -0.309. The molecule has 2 fully saturated rings. The maximum absolute atomic E-state index is 13.5. The number of nitrogens with one attached hydrogen (secondary N) is 1. The van der Waals surface area contributed by atoms with Gasteiger partial charge >= 0.3 is 0 Å². The summed E-state index contributed by atoms with van der Waals surface area (Å²) in [6, 6.07) is 13.4. The lowest BCUT2D eigenvalue weighted by Crippen LogP contribution is -2.59. The molecule has 10 nitrogen and oxygen atoms in total. The van der Waals surface area contributed by atoms with Crippen molar-refractivity contribution in [1.29, 1.82) is 0 Å². The van der Waals surface area contributed by atoms with Gasteiger partial charge in [0.05, 0.1) is 32.4 Å². The average Bonchev–Trinajstić information content (AvgIpc) is 3.00. The van der Waals surface area contributed by atoms with E-state index in [9.17, 15) is 9.59 Å². The average molecular weight is 582 g/mol. The van der Waals surface area contributed by atoms with Gasteiger partial charge in [-0.15, -0.1) is 0 Å². The second kappa shape index (κ2) is 14.8. The molecule has 0 unspecified atom stereocenters. The summed E-state index contributed by atoms with van der Waals surface area (Å²) in [5, 5.41) is 3.24. The van der Waals surface area contributed by atoms with Gasteiger partial charge in [-0.25, -0.2) is 0 Å². The molecule has 3 aliphatic rings. The van der Waals surface area contributed by atoms with Gasteiger partial charge in [0.1, 0.15) is 5.75 Å². The number of piperidine rings is 1. The van der Waals surface area contributed by atoms with Crippen LogP contribution in [0.3, 0.4) is 0 Å². The molecule has 4 bridgehead atoms. The Bertz CT molecular complexity index is 1200. The number of carbonyl (C=O) groups is 2. The van der Waals surface area contributed by atoms with Crippen molar-refractivity contribution < 1.29 is 33.3 Å². The molecular formula is C32H43N3O7. The van der Waals surface area contributed by atoms with Crippen LogP contribution in [0.5, 0.6) is 17.2 Å². The Balaban J connectivity index is 1.39. The van der Waals surface area contributed by atoms with E-state index < -0.39 is 0 Å². The van der Waals surface area contributed by atoms with Crippen LogP contribution in [0, 0.1) is 5.92 Å². The third-order valence-electron chi connectivity index (χ3n) is 8.19. The normalized spacial score (nSPS) is 22.5. The van der Waals surface area contributed by atoms with Crippen molar-refractivity contribution >= 4 is 11.8 Å². The first-order valence-electron chi connectivity index (χ1n) is 14.9. The molecule has 2 aromatic carbocycles. The molecule has 2 aromatic rings. The third-order valence-corrected chi connectivity index (χ3v) is 8.19. The fourth-order valence-electron chi connectivity index (χ4n) is 5.96. The van der Waals surface area contributed by atoms with Crippen molar-refractivity contribution in [3.8, 4) is 17.2 Å². The number of hydrogen-bond acceptors (Lipinski definition) is 8. The number of likely N-dealkylation sites (tertiary alicyclic amines) is 1. The highest BCUT2D eigenvalue weighted by molar-refractivity contribution is 5.80. The van der Waals surface area contributed by atoms with Gasteiger partial charge in [-0.3, -0.25) is 14.5 Å². The fourth-order valence-corrected chi connectivity index (χ4v) is 5.96. The third kappa shape index (κ3) is 8.01. The van der Waals surface area contributed by atoms with Gasteiger partial charge in [-0.1, -0.05) is 18.2 Å². The first kappa shape index (κ1) is 30.3. The largest absolute Gasteiger partial charge is 0.493 e. The van der Waals surface area contributed by atoms with Crippen LogP contribution in [0.4, 0.5) is 0 Å². The molecule has 228 valence electrons. The highest BCUT2D eigenvalue weighted by atomic mass is 16.5. The summed E-state index contributed by atoms with van der Waals surface area (Å²) in [6.07, 6.45) is 2.70. The zero-order valence-corrected chi connectivity index (χ0v) is 24.7. The van der Waals surface area contributed by atoms with Crippen molar-refractivity contribution in [3.05, 3.63) is 53.6 Å². The molecule has 0 spiro atoms. The number of amides is 2. The van der Waals surface area contributed by atoms with Gasteiger partial charge in [0, 0.05) is 59.0 Å². The van der Waals surface area contributed by atoms with Crippen molar-refractivity contribution in [1.82, 2.24) is 15.1 Å². The quantitative estimate of drug-likeness (QED) is 0.519. The summed E-state index contributed by atoms with van der Waals surface area (Å²) in [4.78, 5) is 30.9. The summed E-state index contributed by atoms with van der Waals surface area (Å²) >= 11 is 0. The van der Waals surface area contributed by atoms with Gasteiger partial charge in [0.2, 0.25) is 11.8 Å². The molecule has 3 heterocycles. The van der Waals surface area contributed by atoms with Crippen molar-refractivity contribution in [2.24, 2.45) is 5.92 Å². The minimum Gasteiger partial charge on any atom is -0.493 e. The topological polar surface area (TPSA) is 98.8 Å². The van der Waals surface area contributed by atoms with E-state index in [1.54, 1.807) is 14.2 Å². The zero-order valence-electron chi connectivity index (χ0n) is 24.7. The summed E-state index contributed by atoms with van der Waals surface area (Å²) in [7, 11) is 3.30. The molecular weight excluding hydrogens is 538 g/mol. The van der Waals surface area contributed by atoms with E-state index >= 15 is 0 Å². The summed E-state index contributed by atoms with van der Waals surface area (Å²) < 4.78 is 29.0. The van der Waals surface area contributed by atoms with Gasteiger partial charge in [-0.05, 0) is 61.1 Å². The Hall–Kier alpha value is -3.18. The van der Waals surface area contributed by atoms with Crippen LogP contribution in [-0.2, 0) is 37.0 Å². The van der Waals surface area contributed by atoms with Crippen LogP contribution in [0.15, 0.2) is 42.5 Å². The summed E-state index contributed by atoms with van der Waals surface area (Å²) in [6.45, 7) is 4.69. The number of methoxy groups -OCH3 is 2. The van der Waals surface area contributed by atoms with Gasteiger partial charge in [0.25, 0.3) is 0 Å². The molecule has 42 heavy (non-hydrogen) atoms. The Morgan fingerprint density at radius 3 is 2.71 bits per heavy atom. The monoisotopic (exact) mass is 581 g/mol. The summed E-state index contributed by atoms with van der Waals surface area (Å²) in [5.74, 6) is 1.98. The highest BCUT2D eigenvalue weighted by Gasteiger charge is 2.36. The molecule has 0 radical (unpaired) electrons. The molecule has 0 aliphatic carbocycles. The number of ether oxygens (including phenoxy) is 5. The van der Waals surface area contributed by atoms with Crippen LogP contribution in [0.2, 0.25) is 0 Å². The van der Waals surface area contributed by atoms with Crippen LogP contribution in [-0.4, -0.2) is 94.0 Å². The second-order valence-corrected chi connectivity index (χ2v) is 11.3. The van der Waals surface area contributed by atoms with Crippen LogP contribution in [0.25, 0.3) is 0 Å². The van der Waals surface area contributed by atoms with Crippen LogP contribution < -0.4 is 14.8 Å². The Morgan fingerprint density at radius 1 is 1.05 bits per heavy atom. The predicted octanol–water partition coefficient (Wildman–Crippen LogP) is 3.37. The van der Waals surface area contributed by atoms with E-state index in [4.69, 9.17) is 23.7 Å². The number of carbonyl (C=O) groups excluding carboxylic acids is 2. The second-order valence-electron chi connectivity index (χ2n) is 11.3.